The lowest BCUT2D eigenvalue weighted by Gasteiger charge is -2.37. The molecular weight excluding hydrogens is 467 g/mol. The summed E-state index contributed by atoms with van der Waals surface area (Å²) in [5.74, 6) is 0.639. The van der Waals surface area contributed by atoms with Crippen molar-refractivity contribution >= 4 is 29.9 Å². The fraction of sp³-hybridized carbons (Fsp3) is 0.423. The Bertz CT molecular complexity index is 1100. The Morgan fingerprint density at radius 1 is 1.17 bits per heavy atom. The molecule has 1 saturated heterocycles. The van der Waals surface area contributed by atoms with Gasteiger partial charge in [0.15, 0.2) is 0 Å². The van der Waals surface area contributed by atoms with Gasteiger partial charge in [-0.05, 0) is 75.1 Å². The molecule has 0 radical (unpaired) electrons. The Balaban J connectivity index is 0.00000342. The van der Waals surface area contributed by atoms with Crippen LogP contribution in [0.5, 0.6) is 0 Å². The molecule has 1 fully saturated rings. The second-order valence-electron chi connectivity index (χ2n) is 9.20. The van der Waals surface area contributed by atoms with Gasteiger partial charge in [0.05, 0.1) is 6.20 Å². The van der Waals surface area contributed by atoms with Crippen molar-refractivity contribution in [1.82, 2.24) is 19.7 Å². The minimum absolute atomic E-state index is 0. The summed E-state index contributed by atoms with van der Waals surface area (Å²) in [5.41, 5.74) is 1.68. The van der Waals surface area contributed by atoms with E-state index in [1.165, 1.54) is 29.8 Å². The number of amides is 1. The number of carbonyl (C=O) groups is 1. The van der Waals surface area contributed by atoms with E-state index >= 15 is 0 Å². The molecule has 35 heavy (non-hydrogen) atoms. The number of rotatable bonds is 8. The Morgan fingerprint density at radius 2 is 1.89 bits per heavy atom. The molecule has 188 valence electrons. The number of aromatic nitrogens is 3. The molecular formula is C26H34ClFN6O. The summed E-state index contributed by atoms with van der Waals surface area (Å²) < 4.78 is 15.1. The topological polar surface area (TPSA) is 66.3 Å². The molecule has 3 heterocycles. The maximum atomic E-state index is 13.1. The fourth-order valence-electron chi connectivity index (χ4n) is 4.27. The van der Waals surface area contributed by atoms with E-state index in [0.717, 1.165) is 44.7 Å². The van der Waals surface area contributed by atoms with Gasteiger partial charge in [0.1, 0.15) is 17.5 Å². The van der Waals surface area contributed by atoms with Crippen LogP contribution in [0.3, 0.4) is 0 Å². The van der Waals surface area contributed by atoms with Gasteiger partial charge in [-0.25, -0.2) is 9.37 Å². The van der Waals surface area contributed by atoms with Crippen LogP contribution in [-0.2, 0) is 6.42 Å². The monoisotopic (exact) mass is 500 g/mol. The molecule has 1 N–H and O–H groups in total. The summed E-state index contributed by atoms with van der Waals surface area (Å²) >= 11 is 0. The van der Waals surface area contributed by atoms with Crippen molar-refractivity contribution in [3.8, 4) is 0 Å². The molecule has 0 atom stereocenters. The molecule has 0 unspecified atom stereocenters. The second kappa shape index (κ2) is 12.1. The zero-order valence-electron chi connectivity index (χ0n) is 20.5. The van der Waals surface area contributed by atoms with Crippen molar-refractivity contribution in [2.24, 2.45) is 0 Å². The largest absolute Gasteiger partial charge is 0.357 e. The standard InChI is InChI=1S/C26H33FN6O.ClH/c1-19(2)33-18-20(17-28-33)11-14-32-15-12-23(13-16-32)31(3)25-6-4-5-24(29-25)30-26(34)21-7-9-22(27)10-8-21;/h4-10,17-19,23H,11-16H2,1-3H3,(H,29,30,34);1H. The number of hydrogen-bond acceptors (Lipinski definition) is 5. The van der Waals surface area contributed by atoms with Gasteiger partial charge in [0, 0.05) is 50.5 Å². The van der Waals surface area contributed by atoms with Crippen LogP contribution in [-0.4, -0.2) is 58.3 Å². The van der Waals surface area contributed by atoms with E-state index in [1.807, 2.05) is 23.0 Å². The zero-order valence-corrected chi connectivity index (χ0v) is 21.3. The van der Waals surface area contributed by atoms with Crippen molar-refractivity contribution in [3.63, 3.8) is 0 Å². The van der Waals surface area contributed by atoms with Gasteiger partial charge in [-0.3, -0.25) is 9.48 Å². The van der Waals surface area contributed by atoms with Crippen molar-refractivity contribution in [2.45, 2.75) is 45.2 Å². The summed E-state index contributed by atoms with van der Waals surface area (Å²) in [6.07, 6.45) is 7.28. The molecule has 0 saturated carbocycles. The Morgan fingerprint density at radius 3 is 2.54 bits per heavy atom. The molecule has 0 spiro atoms. The highest BCUT2D eigenvalue weighted by molar-refractivity contribution is 6.03. The highest BCUT2D eigenvalue weighted by atomic mass is 35.5. The number of anilines is 2. The molecule has 0 bridgehead atoms. The Kier molecular flexibility index (Phi) is 9.23. The van der Waals surface area contributed by atoms with Crippen LogP contribution < -0.4 is 10.2 Å². The number of piperidine rings is 1. The van der Waals surface area contributed by atoms with Gasteiger partial charge in [0.2, 0.25) is 0 Å². The van der Waals surface area contributed by atoms with Crippen LogP contribution in [0, 0.1) is 5.82 Å². The number of nitrogens with zero attached hydrogens (tertiary/aromatic N) is 5. The lowest BCUT2D eigenvalue weighted by Crippen LogP contribution is -2.44. The minimum Gasteiger partial charge on any atom is -0.357 e. The van der Waals surface area contributed by atoms with Gasteiger partial charge in [0.25, 0.3) is 5.91 Å². The van der Waals surface area contributed by atoms with Gasteiger partial charge >= 0.3 is 0 Å². The third-order valence-electron chi connectivity index (χ3n) is 6.45. The van der Waals surface area contributed by atoms with Gasteiger partial charge in [-0.1, -0.05) is 6.07 Å². The molecule has 1 aromatic carbocycles. The van der Waals surface area contributed by atoms with E-state index in [2.05, 4.69) is 52.3 Å². The molecule has 1 aliphatic heterocycles. The first-order valence-corrected chi connectivity index (χ1v) is 11.9. The first kappa shape index (κ1) is 26.6. The minimum atomic E-state index is -0.369. The summed E-state index contributed by atoms with van der Waals surface area (Å²) in [7, 11) is 2.06. The number of benzene rings is 1. The summed E-state index contributed by atoms with van der Waals surface area (Å²) in [4.78, 5) is 21.8. The van der Waals surface area contributed by atoms with Crippen molar-refractivity contribution in [3.05, 3.63) is 71.8 Å². The molecule has 0 aliphatic carbocycles. The van der Waals surface area contributed by atoms with Crippen LogP contribution in [0.2, 0.25) is 0 Å². The van der Waals surface area contributed by atoms with E-state index in [0.29, 0.717) is 23.5 Å². The van der Waals surface area contributed by atoms with E-state index in [4.69, 9.17) is 0 Å². The number of likely N-dealkylation sites (tertiary alicyclic amines) is 1. The van der Waals surface area contributed by atoms with Crippen LogP contribution in [0.1, 0.15) is 48.7 Å². The maximum Gasteiger partial charge on any atom is 0.256 e. The molecule has 9 heteroatoms. The molecule has 1 amide bonds. The van der Waals surface area contributed by atoms with Crippen LogP contribution >= 0.6 is 12.4 Å². The molecule has 4 rings (SSSR count). The average Bonchev–Trinajstić information content (AvgIpc) is 3.33. The van der Waals surface area contributed by atoms with Gasteiger partial charge in [-0.15, -0.1) is 12.4 Å². The first-order chi connectivity index (χ1) is 16.4. The van der Waals surface area contributed by atoms with Gasteiger partial charge < -0.3 is 15.1 Å². The second-order valence-corrected chi connectivity index (χ2v) is 9.20. The number of nitrogens with one attached hydrogen (secondary N) is 1. The number of halogens is 2. The smallest absolute Gasteiger partial charge is 0.256 e. The Labute approximate surface area is 212 Å². The molecule has 7 nitrogen and oxygen atoms in total. The lowest BCUT2D eigenvalue weighted by atomic mass is 10.0. The van der Waals surface area contributed by atoms with E-state index in [9.17, 15) is 9.18 Å². The molecule has 1 aliphatic rings. The van der Waals surface area contributed by atoms with E-state index in [-0.39, 0.29) is 24.1 Å². The van der Waals surface area contributed by atoms with Crippen molar-refractivity contribution in [2.75, 3.05) is 36.9 Å². The van der Waals surface area contributed by atoms with Crippen LogP contribution in [0.25, 0.3) is 0 Å². The average molecular weight is 501 g/mol. The van der Waals surface area contributed by atoms with E-state index < -0.39 is 0 Å². The third-order valence-corrected chi connectivity index (χ3v) is 6.45. The highest BCUT2D eigenvalue weighted by Gasteiger charge is 2.23. The highest BCUT2D eigenvalue weighted by Crippen LogP contribution is 2.22. The van der Waals surface area contributed by atoms with Crippen molar-refractivity contribution < 1.29 is 9.18 Å². The van der Waals surface area contributed by atoms with Crippen LogP contribution in [0.15, 0.2) is 54.9 Å². The first-order valence-electron chi connectivity index (χ1n) is 11.9. The SMILES string of the molecule is CC(C)n1cc(CCN2CCC(N(C)c3cccc(NC(=O)c4ccc(F)cc4)n3)CC2)cn1.Cl. The zero-order chi connectivity index (χ0) is 24.1. The van der Waals surface area contributed by atoms with E-state index in [1.54, 1.807) is 6.07 Å². The predicted molar refractivity (Wildman–Crippen MR) is 140 cm³/mol. The number of hydrogen-bond donors (Lipinski definition) is 1. The predicted octanol–water partition coefficient (Wildman–Crippen LogP) is 4.82. The number of carbonyl (C=O) groups excluding carboxylic acids is 1. The van der Waals surface area contributed by atoms with Crippen molar-refractivity contribution in [1.29, 1.82) is 0 Å². The normalized spacial score (nSPS) is 14.5. The molecule has 2 aromatic heterocycles. The number of pyridine rings is 1. The fourth-order valence-corrected chi connectivity index (χ4v) is 4.27. The summed E-state index contributed by atoms with van der Waals surface area (Å²) in [6, 6.07) is 11.9. The summed E-state index contributed by atoms with van der Waals surface area (Å²) in [6.45, 7) is 7.43. The Hall–Kier alpha value is -2.97. The quantitative estimate of drug-likeness (QED) is 0.480. The maximum absolute atomic E-state index is 13.1. The molecule has 3 aromatic rings. The lowest BCUT2D eigenvalue weighted by molar-refractivity contribution is 0.102. The summed E-state index contributed by atoms with van der Waals surface area (Å²) in [5, 5.41) is 7.25. The van der Waals surface area contributed by atoms with Crippen LogP contribution in [0.4, 0.5) is 16.0 Å². The van der Waals surface area contributed by atoms with Gasteiger partial charge in [-0.2, -0.15) is 5.10 Å². The third kappa shape index (κ3) is 7.02.